The van der Waals surface area contributed by atoms with E-state index < -0.39 is 0 Å². The van der Waals surface area contributed by atoms with Crippen molar-refractivity contribution in [3.8, 4) is 5.75 Å². The third kappa shape index (κ3) is 6.20. The molecule has 0 spiro atoms. The van der Waals surface area contributed by atoms with Crippen LogP contribution in [0.1, 0.15) is 53.1 Å². The van der Waals surface area contributed by atoms with Gasteiger partial charge in [-0.2, -0.15) is 0 Å². The van der Waals surface area contributed by atoms with E-state index in [2.05, 4.69) is 40.4 Å². The molecule has 0 aliphatic rings. The third-order valence-electron chi connectivity index (χ3n) is 4.83. The van der Waals surface area contributed by atoms with Crippen molar-refractivity contribution in [1.29, 1.82) is 0 Å². The number of amides is 2. The lowest BCUT2D eigenvalue weighted by Gasteiger charge is -2.16. The minimum absolute atomic E-state index is 0.165. The molecule has 0 aliphatic heterocycles. The molecule has 32 heavy (non-hydrogen) atoms. The summed E-state index contributed by atoms with van der Waals surface area (Å²) in [5, 5.41) is 5.85. The lowest BCUT2D eigenvalue weighted by molar-refractivity contribution is 0.0940. The van der Waals surface area contributed by atoms with E-state index in [1.165, 1.54) is 0 Å². The fraction of sp³-hybridized carbons (Fsp3) is 0.231. The van der Waals surface area contributed by atoms with Crippen molar-refractivity contribution < 1.29 is 14.3 Å². The van der Waals surface area contributed by atoms with E-state index in [9.17, 15) is 9.59 Å². The van der Waals surface area contributed by atoms with Crippen molar-refractivity contribution in [1.82, 2.24) is 5.32 Å². The average Bonchev–Trinajstić information content (AvgIpc) is 2.79. The highest BCUT2D eigenvalue weighted by Gasteiger charge is 2.17. The van der Waals surface area contributed by atoms with Crippen molar-refractivity contribution in [2.24, 2.45) is 5.92 Å². The molecule has 3 rings (SSSR count). The summed E-state index contributed by atoms with van der Waals surface area (Å²) < 4.78 is 6.45. The number of para-hydroxylation sites is 1. The summed E-state index contributed by atoms with van der Waals surface area (Å²) in [6.45, 7) is 6.66. The summed E-state index contributed by atoms with van der Waals surface area (Å²) in [6.07, 6.45) is 0. The standard InChI is InChI=1S/C26H27BrN2O3/c1-17(2)16-32-24-14-13-20(15-22(24)27)25(30)29-23-12-8-7-11-21(23)26(31)28-18(3)19-9-5-4-6-10-19/h4-15,17-18H,16H2,1-3H3,(H,28,31)(H,29,30). The molecule has 5 nitrogen and oxygen atoms in total. The summed E-state index contributed by atoms with van der Waals surface area (Å²) in [4.78, 5) is 25.8. The molecule has 1 unspecified atom stereocenters. The first-order valence-electron chi connectivity index (χ1n) is 10.5. The van der Waals surface area contributed by atoms with E-state index in [0.717, 1.165) is 5.56 Å². The number of carbonyl (C=O) groups is 2. The van der Waals surface area contributed by atoms with Gasteiger partial charge in [-0.25, -0.2) is 0 Å². The predicted molar refractivity (Wildman–Crippen MR) is 131 cm³/mol. The SMILES string of the molecule is CC(C)COc1ccc(C(=O)Nc2ccccc2C(=O)NC(C)c2ccccc2)cc1Br. The largest absolute Gasteiger partial charge is 0.492 e. The highest BCUT2D eigenvalue weighted by Crippen LogP contribution is 2.27. The predicted octanol–water partition coefficient (Wildman–Crippen LogP) is 6.23. The van der Waals surface area contributed by atoms with E-state index in [1.54, 1.807) is 42.5 Å². The van der Waals surface area contributed by atoms with E-state index >= 15 is 0 Å². The van der Waals surface area contributed by atoms with Gasteiger partial charge in [-0.3, -0.25) is 9.59 Å². The van der Waals surface area contributed by atoms with Crippen LogP contribution in [0.5, 0.6) is 5.75 Å². The molecule has 6 heteroatoms. The van der Waals surface area contributed by atoms with Gasteiger partial charge in [0.1, 0.15) is 5.75 Å². The molecule has 166 valence electrons. The van der Waals surface area contributed by atoms with Crippen molar-refractivity contribution in [3.63, 3.8) is 0 Å². The quantitative estimate of drug-likeness (QED) is 0.390. The molecule has 2 amide bonds. The minimum Gasteiger partial charge on any atom is -0.492 e. The zero-order valence-corrected chi connectivity index (χ0v) is 20.0. The van der Waals surface area contributed by atoms with Gasteiger partial charge in [0.05, 0.1) is 28.4 Å². The van der Waals surface area contributed by atoms with Crippen molar-refractivity contribution >= 4 is 33.4 Å². The number of anilines is 1. The molecule has 0 heterocycles. The second kappa shape index (κ2) is 11.0. The van der Waals surface area contributed by atoms with E-state index in [0.29, 0.717) is 39.6 Å². The molecule has 0 bridgehead atoms. The molecule has 0 fully saturated rings. The number of ether oxygens (including phenoxy) is 1. The zero-order valence-electron chi connectivity index (χ0n) is 18.4. The van der Waals surface area contributed by atoms with Crippen LogP contribution < -0.4 is 15.4 Å². The number of nitrogens with one attached hydrogen (secondary N) is 2. The van der Waals surface area contributed by atoms with Gasteiger partial charge in [0, 0.05) is 5.56 Å². The van der Waals surface area contributed by atoms with Gasteiger partial charge in [-0.05, 0) is 64.7 Å². The first-order chi connectivity index (χ1) is 15.3. The van der Waals surface area contributed by atoms with Gasteiger partial charge in [0.15, 0.2) is 0 Å². The summed E-state index contributed by atoms with van der Waals surface area (Å²) in [7, 11) is 0. The Hall–Kier alpha value is -3.12. The molecular weight excluding hydrogens is 468 g/mol. The highest BCUT2D eigenvalue weighted by atomic mass is 79.9. The molecule has 3 aromatic rings. The van der Waals surface area contributed by atoms with Crippen LogP contribution in [0.15, 0.2) is 77.3 Å². The molecule has 2 N–H and O–H groups in total. The second-order valence-corrected chi connectivity index (χ2v) is 8.81. The van der Waals surface area contributed by atoms with Crippen LogP contribution in [0.2, 0.25) is 0 Å². The third-order valence-corrected chi connectivity index (χ3v) is 5.45. The van der Waals surface area contributed by atoms with E-state index in [4.69, 9.17) is 4.74 Å². The molecule has 0 aliphatic carbocycles. The summed E-state index contributed by atoms with van der Waals surface area (Å²) in [6, 6.07) is 21.7. The van der Waals surface area contributed by atoms with Crippen LogP contribution in [-0.4, -0.2) is 18.4 Å². The summed E-state index contributed by atoms with van der Waals surface area (Å²) in [5.74, 6) is 0.524. The Morgan fingerprint density at radius 1 is 0.906 bits per heavy atom. The van der Waals surface area contributed by atoms with Crippen LogP contribution in [0, 0.1) is 5.92 Å². The Kier molecular flexibility index (Phi) is 8.06. The van der Waals surface area contributed by atoms with Crippen LogP contribution in [0.25, 0.3) is 0 Å². The lowest BCUT2D eigenvalue weighted by atomic mass is 10.1. The monoisotopic (exact) mass is 494 g/mol. The van der Waals surface area contributed by atoms with Gasteiger partial charge in [0.2, 0.25) is 0 Å². The smallest absolute Gasteiger partial charge is 0.255 e. The fourth-order valence-corrected chi connectivity index (χ4v) is 3.59. The number of hydrogen-bond acceptors (Lipinski definition) is 3. The Morgan fingerprint density at radius 2 is 1.59 bits per heavy atom. The number of rotatable bonds is 8. The Balaban J connectivity index is 1.72. The van der Waals surface area contributed by atoms with Crippen LogP contribution >= 0.6 is 15.9 Å². The first kappa shape index (κ1) is 23.5. The van der Waals surface area contributed by atoms with E-state index in [1.807, 2.05) is 37.3 Å². The van der Waals surface area contributed by atoms with Crippen molar-refractivity contribution in [3.05, 3.63) is 94.0 Å². The van der Waals surface area contributed by atoms with Gasteiger partial charge >= 0.3 is 0 Å². The average molecular weight is 495 g/mol. The normalized spacial score (nSPS) is 11.7. The lowest BCUT2D eigenvalue weighted by Crippen LogP contribution is -2.28. The molecule has 0 saturated heterocycles. The molecule has 0 saturated carbocycles. The van der Waals surface area contributed by atoms with Gasteiger partial charge in [-0.1, -0.05) is 56.3 Å². The van der Waals surface area contributed by atoms with Crippen LogP contribution in [0.3, 0.4) is 0 Å². The summed E-state index contributed by atoms with van der Waals surface area (Å²) >= 11 is 3.47. The Bertz CT molecular complexity index is 1080. The second-order valence-electron chi connectivity index (χ2n) is 7.96. The number of carbonyl (C=O) groups excluding carboxylic acids is 2. The minimum atomic E-state index is -0.308. The molecular formula is C26H27BrN2O3. The van der Waals surface area contributed by atoms with E-state index in [-0.39, 0.29) is 17.9 Å². The van der Waals surface area contributed by atoms with Crippen LogP contribution in [-0.2, 0) is 0 Å². The maximum Gasteiger partial charge on any atom is 0.255 e. The summed E-state index contributed by atoms with van der Waals surface area (Å²) in [5.41, 5.74) is 2.32. The number of hydrogen-bond donors (Lipinski definition) is 2. The van der Waals surface area contributed by atoms with Gasteiger partial charge in [-0.15, -0.1) is 0 Å². The maximum absolute atomic E-state index is 12.9. The number of halogens is 1. The zero-order chi connectivity index (χ0) is 23.1. The van der Waals surface area contributed by atoms with Crippen molar-refractivity contribution in [2.75, 3.05) is 11.9 Å². The number of benzene rings is 3. The highest BCUT2D eigenvalue weighted by molar-refractivity contribution is 9.10. The van der Waals surface area contributed by atoms with Crippen molar-refractivity contribution in [2.45, 2.75) is 26.8 Å². The molecule has 0 aromatic heterocycles. The molecule has 3 aromatic carbocycles. The topological polar surface area (TPSA) is 67.4 Å². The molecule has 1 atom stereocenters. The first-order valence-corrected chi connectivity index (χ1v) is 11.3. The Morgan fingerprint density at radius 3 is 2.28 bits per heavy atom. The Labute approximate surface area is 197 Å². The van der Waals surface area contributed by atoms with Gasteiger partial charge in [0.25, 0.3) is 11.8 Å². The van der Waals surface area contributed by atoms with Crippen LogP contribution in [0.4, 0.5) is 5.69 Å². The fourth-order valence-electron chi connectivity index (χ4n) is 3.10. The van der Waals surface area contributed by atoms with Gasteiger partial charge < -0.3 is 15.4 Å². The molecule has 0 radical (unpaired) electrons. The maximum atomic E-state index is 12.9.